The molecule has 0 heterocycles. The number of carbonyl (C=O) groups is 1. The van der Waals surface area contributed by atoms with E-state index in [1.807, 2.05) is 11.8 Å². The van der Waals surface area contributed by atoms with E-state index >= 15 is 0 Å². The highest BCUT2D eigenvalue weighted by Gasteiger charge is 2.11. The van der Waals surface area contributed by atoms with Crippen LogP contribution in [0.3, 0.4) is 0 Å². The molecule has 1 rings (SSSR count). The molecule has 1 N–H and O–H groups in total. The molecule has 0 atom stereocenters. The molecule has 0 bridgehead atoms. The van der Waals surface area contributed by atoms with Crippen molar-refractivity contribution >= 4 is 33.7 Å². The van der Waals surface area contributed by atoms with E-state index in [9.17, 15) is 4.79 Å². The third-order valence-electron chi connectivity index (χ3n) is 2.07. The van der Waals surface area contributed by atoms with Crippen molar-refractivity contribution in [3.8, 4) is 5.75 Å². The minimum absolute atomic E-state index is 0.197. The Kier molecular flexibility index (Phi) is 6.44. The van der Waals surface area contributed by atoms with Gasteiger partial charge in [-0.05, 0) is 36.1 Å². The van der Waals surface area contributed by atoms with E-state index < -0.39 is 5.97 Å². The van der Waals surface area contributed by atoms with Crippen LogP contribution in [-0.4, -0.2) is 29.2 Å². The molecule has 0 amide bonds. The average molecular weight is 319 g/mol. The summed E-state index contributed by atoms with van der Waals surface area (Å²) in [5.74, 6) is 1.60. The van der Waals surface area contributed by atoms with Gasteiger partial charge < -0.3 is 9.84 Å². The Bertz CT molecular complexity index is 382. The summed E-state index contributed by atoms with van der Waals surface area (Å²) in [6.07, 6.45) is 0.924. The molecule has 5 heteroatoms. The number of halogens is 1. The number of rotatable bonds is 7. The van der Waals surface area contributed by atoms with Crippen LogP contribution in [0.2, 0.25) is 0 Å². The fourth-order valence-electron chi connectivity index (χ4n) is 1.28. The second kappa shape index (κ2) is 7.61. The topological polar surface area (TPSA) is 46.5 Å². The van der Waals surface area contributed by atoms with Gasteiger partial charge in [-0.1, -0.05) is 22.9 Å². The summed E-state index contributed by atoms with van der Waals surface area (Å²) < 4.78 is 6.22. The SMILES string of the molecule is CCSCCCOc1ccc(Br)cc1C(=O)O. The monoisotopic (exact) mass is 318 g/mol. The largest absolute Gasteiger partial charge is 0.493 e. The second-order valence-corrected chi connectivity index (χ2v) is 5.65. The standard InChI is InChI=1S/C12H15BrO3S/c1-2-17-7-3-6-16-11-5-4-9(13)8-10(11)12(14)15/h4-5,8H,2-3,6-7H2,1H3,(H,14,15). The van der Waals surface area contributed by atoms with Crippen LogP contribution in [0.25, 0.3) is 0 Å². The number of ether oxygens (including phenoxy) is 1. The quantitative estimate of drug-likeness (QED) is 0.779. The van der Waals surface area contributed by atoms with Crippen molar-refractivity contribution in [2.45, 2.75) is 13.3 Å². The normalized spacial score (nSPS) is 10.2. The predicted octanol–water partition coefficient (Wildman–Crippen LogP) is 3.67. The molecular formula is C12H15BrO3S. The Morgan fingerprint density at radius 1 is 1.53 bits per heavy atom. The fourth-order valence-corrected chi connectivity index (χ4v) is 2.25. The zero-order chi connectivity index (χ0) is 12.7. The Morgan fingerprint density at radius 2 is 2.29 bits per heavy atom. The van der Waals surface area contributed by atoms with E-state index in [0.717, 1.165) is 22.4 Å². The number of hydrogen-bond donors (Lipinski definition) is 1. The molecule has 0 aromatic heterocycles. The number of aromatic carboxylic acids is 1. The van der Waals surface area contributed by atoms with Gasteiger partial charge in [0, 0.05) is 4.47 Å². The molecule has 0 aliphatic heterocycles. The maximum Gasteiger partial charge on any atom is 0.339 e. The number of carboxylic acid groups (broad SMARTS) is 1. The van der Waals surface area contributed by atoms with Gasteiger partial charge in [-0.3, -0.25) is 0 Å². The average Bonchev–Trinajstić information content (AvgIpc) is 2.30. The molecule has 1 aromatic rings. The molecular weight excluding hydrogens is 304 g/mol. The van der Waals surface area contributed by atoms with E-state index in [2.05, 4.69) is 22.9 Å². The summed E-state index contributed by atoms with van der Waals surface area (Å²) in [7, 11) is 0. The number of thioether (sulfide) groups is 1. The molecule has 0 radical (unpaired) electrons. The van der Waals surface area contributed by atoms with E-state index in [0.29, 0.717) is 12.4 Å². The van der Waals surface area contributed by atoms with Crippen molar-refractivity contribution in [3.05, 3.63) is 28.2 Å². The second-order valence-electron chi connectivity index (χ2n) is 3.34. The highest BCUT2D eigenvalue weighted by atomic mass is 79.9. The van der Waals surface area contributed by atoms with Crippen LogP contribution >= 0.6 is 27.7 Å². The van der Waals surface area contributed by atoms with Crippen molar-refractivity contribution < 1.29 is 14.6 Å². The Hall–Kier alpha value is -0.680. The first-order valence-corrected chi connectivity index (χ1v) is 7.33. The van der Waals surface area contributed by atoms with E-state index in [4.69, 9.17) is 9.84 Å². The molecule has 17 heavy (non-hydrogen) atoms. The van der Waals surface area contributed by atoms with Gasteiger partial charge >= 0.3 is 5.97 Å². The van der Waals surface area contributed by atoms with Crippen molar-refractivity contribution in [1.82, 2.24) is 0 Å². The minimum atomic E-state index is -0.968. The first kappa shape index (κ1) is 14.4. The molecule has 1 aromatic carbocycles. The smallest absolute Gasteiger partial charge is 0.339 e. The minimum Gasteiger partial charge on any atom is -0.493 e. The zero-order valence-corrected chi connectivity index (χ0v) is 12.0. The summed E-state index contributed by atoms with van der Waals surface area (Å²) in [5, 5.41) is 9.03. The molecule has 0 aliphatic carbocycles. The van der Waals surface area contributed by atoms with Gasteiger partial charge in [-0.2, -0.15) is 11.8 Å². The maximum atomic E-state index is 11.0. The van der Waals surface area contributed by atoms with Gasteiger partial charge in [0.15, 0.2) is 0 Å². The van der Waals surface area contributed by atoms with E-state index in [1.165, 1.54) is 0 Å². The summed E-state index contributed by atoms with van der Waals surface area (Å²) in [6, 6.07) is 5.02. The van der Waals surface area contributed by atoms with Crippen molar-refractivity contribution in [3.63, 3.8) is 0 Å². The molecule has 0 aliphatic rings. The Morgan fingerprint density at radius 3 is 2.94 bits per heavy atom. The molecule has 0 fully saturated rings. The summed E-state index contributed by atoms with van der Waals surface area (Å²) in [6.45, 7) is 2.66. The molecule has 0 unspecified atom stereocenters. The number of hydrogen-bond acceptors (Lipinski definition) is 3. The van der Waals surface area contributed by atoms with Crippen molar-refractivity contribution in [2.24, 2.45) is 0 Å². The summed E-state index contributed by atoms with van der Waals surface area (Å²) >= 11 is 5.10. The lowest BCUT2D eigenvalue weighted by atomic mass is 10.2. The highest BCUT2D eigenvalue weighted by molar-refractivity contribution is 9.10. The fraction of sp³-hybridized carbons (Fsp3) is 0.417. The summed E-state index contributed by atoms with van der Waals surface area (Å²) in [5.41, 5.74) is 0.197. The summed E-state index contributed by atoms with van der Waals surface area (Å²) in [4.78, 5) is 11.0. The first-order chi connectivity index (χ1) is 8.15. The maximum absolute atomic E-state index is 11.0. The lowest BCUT2D eigenvalue weighted by molar-refractivity contribution is 0.0692. The van der Waals surface area contributed by atoms with E-state index in [1.54, 1.807) is 18.2 Å². The molecule has 94 valence electrons. The van der Waals surface area contributed by atoms with E-state index in [-0.39, 0.29) is 5.56 Å². The van der Waals surface area contributed by atoms with Crippen LogP contribution in [0.4, 0.5) is 0 Å². The molecule has 3 nitrogen and oxygen atoms in total. The molecule has 0 saturated carbocycles. The van der Waals surface area contributed by atoms with Gasteiger partial charge in [-0.15, -0.1) is 0 Å². The van der Waals surface area contributed by atoms with Crippen LogP contribution in [0.5, 0.6) is 5.75 Å². The lowest BCUT2D eigenvalue weighted by Gasteiger charge is -2.09. The van der Waals surface area contributed by atoms with Crippen molar-refractivity contribution in [2.75, 3.05) is 18.1 Å². The van der Waals surface area contributed by atoms with Crippen LogP contribution in [0.1, 0.15) is 23.7 Å². The third kappa shape index (κ3) is 5.00. The highest BCUT2D eigenvalue weighted by Crippen LogP contribution is 2.23. The van der Waals surface area contributed by atoms with Crippen LogP contribution in [-0.2, 0) is 0 Å². The number of carboxylic acids is 1. The van der Waals surface area contributed by atoms with Gasteiger partial charge in [0.25, 0.3) is 0 Å². The Labute approximate surface area is 114 Å². The van der Waals surface area contributed by atoms with Gasteiger partial charge in [-0.25, -0.2) is 4.79 Å². The van der Waals surface area contributed by atoms with Gasteiger partial charge in [0.05, 0.1) is 6.61 Å². The lowest BCUT2D eigenvalue weighted by Crippen LogP contribution is -2.05. The first-order valence-electron chi connectivity index (χ1n) is 5.38. The Balaban J connectivity index is 2.55. The van der Waals surface area contributed by atoms with Gasteiger partial charge in [0.2, 0.25) is 0 Å². The van der Waals surface area contributed by atoms with Crippen LogP contribution in [0, 0.1) is 0 Å². The van der Waals surface area contributed by atoms with Crippen LogP contribution < -0.4 is 4.74 Å². The van der Waals surface area contributed by atoms with Crippen molar-refractivity contribution in [1.29, 1.82) is 0 Å². The number of benzene rings is 1. The van der Waals surface area contributed by atoms with Crippen LogP contribution in [0.15, 0.2) is 22.7 Å². The third-order valence-corrected chi connectivity index (χ3v) is 3.55. The van der Waals surface area contributed by atoms with Gasteiger partial charge in [0.1, 0.15) is 11.3 Å². The zero-order valence-electron chi connectivity index (χ0n) is 9.61. The molecule has 0 saturated heterocycles. The molecule has 0 spiro atoms. The predicted molar refractivity (Wildman–Crippen MR) is 74.2 cm³/mol.